The number of fused-ring (bicyclic) bond motifs is 1. The van der Waals surface area contributed by atoms with E-state index >= 15 is 0 Å². The molecule has 0 aromatic heterocycles. The van der Waals surface area contributed by atoms with E-state index in [4.69, 9.17) is 0 Å². The minimum atomic E-state index is -0.277. The summed E-state index contributed by atoms with van der Waals surface area (Å²) in [6.07, 6.45) is 3.54. The second kappa shape index (κ2) is 7.18. The van der Waals surface area contributed by atoms with Crippen molar-refractivity contribution in [1.29, 1.82) is 0 Å². The van der Waals surface area contributed by atoms with Crippen molar-refractivity contribution >= 4 is 23.6 Å². The van der Waals surface area contributed by atoms with Gasteiger partial charge in [-0.15, -0.1) is 11.8 Å². The number of thioether (sulfide) groups is 1. The van der Waals surface area contributed by atoms with Gasteiger partial charge in [0.05, 0.1) is 12.3 Å². The topological polar surface area (TPSA) is 58.2 Å². The maximum absolute atomic E-state index is 11.8. The van der Waals surface area contributed by atoms with Gasteiger partial charge in [0.2, 0.25) is 11.8 Å². The molecule has 0 unspecified atom stereocenters. The Hall–Kier alpha value is -1.49. The first-order chi connectivity index (χ1) is 10.3. The molecular formula is C17H24N2O2S. The van der Waals surface area contributed by atoms with Crippen molar-refractivity contribution in [3.63, 3.8) is 0 Å². The van der Waals surface area contributed by atoms with Gasteiger partial charge < -0.3 is 10.6 Å². The fraction of sp³-hybridized carbons (Fsp3) is 0.529. The van der Waals surface area contributed by atoms with E-state index in [9.17, 15) is 9.59 Å². The van der Waals surface area contributed by atoms with Gasteiger partial charge in [0, 0.05) is 10.4 Å². The highest BCUT2D eigenvalue weighted by Gasteiger charge is 2.15. The third-order valence-corrected chi connectivity index (χ3v) is 4.39. The van der Waals surface area contributed by atoms with Gasteiger partial charge in [-0.05, 0) is 63.3 Å². The Bertz CT molecular complexity index is 564. The molecule has 0 fully saturated rings. The van der Waals surface area contributed by atoms with Crippen LogP contribution in [-0.4, -0.2) is 29.7 Å². The number of hydrogen-bond acceptors (Lipinski definition) is 3. The number of benzene rings is 1. The van der Waals surface area contributed by atoms with E-state index in [2.05, 4.69) is 28.8 Å². The Labute approximate surface area is 136 Å². The number of carbonyl (C=O) groups is 2. The van der Waals surface area contributed by atoms with Crippen LogP contribution in [0.4, 0.5) is 0 Å². The van der Waals surface area contributed by atoms with Crippen LogP contribution in [0, 0.1) is 0 Å². The number of aryl methyl sites for hydroxylation is 2. The molecule has 0 bridgehead atoms. The highest BCUT2D eigenvalue weighted by atomic mass is 32.2. The van der Waals surface area contributed by atoms with E-state index in [0.717, 1.165) is 11.3 Å². The predicted octanol–water partition coefficient (Wildman–Crippen LogP) is 2.30. The molecule has 2 rings (SSSR count). The minimum Gasteiger partial charge on any atom is -0.350 e. The molecule has 0 spiro atoms. The van der Waals surface area contributed by atoms with Crippen LogP contribution in [0.2, 0.25) is 0 Å². The molecule has 0 aliphatic heterocycles. The van der Waals surface area contributed by atoms with E-state index in [1.165, 1.54) is 35.7 Å². The largest absolute Gasteiger partial charge is 0.350 e. The van der Waals surface area contributed by atoms with Gasteiger partial charge in [-0.2, -0.15) is 0 Å². The molecule has 0 saturated heterocycles. The minimum absolute atomic E-state index is 0.0286. The van der Waals surface area contributed by atoms with Gasteiger partial charge in [-0.1, -0.05) is 6.07 Å². The molecule has 1 aliphatic carbocycles. The summed E-state index contributed by atoms with van der Waals surface area (Å²) in [5.41, 5.74) is 2.57. The Kier molecular flexibility index (Phi) is 5.51. The molecule has 0 heterocycles. The monoisotopic (exact) mass is 320 g/mol. The van der Waals surface area contributed by atoms with Crippen molar-refractivity contribution in [2.24, 2.45) is 0 Å². The number of hydrogen-bond donors (Lipinski definition) is 2. The standard InChI is InChI=1S/C17H24N2O2S/c1-17(2,3)19-15(20)10-18-16(21)11-22-14-8-7-12-5-4-6-13(12)9-14/h7-9H,4-6,10-11H2,1-3H3,(H,18,21)(H,19,20). The Morgan fingerprint density at radius 2 is 1.86 bits per heavy atom. The molecule has 0 radical (unpaired) electrons. The Morgan fingerprint density at radius 1 is 1.14 bits per heavy atom. The fourth-order valence-electron chi connectivity index (χ4n) is 2.48. The van der Waals surface area contributed by atoms with Crippen molar-refractivity contribution in [1.82, 2.24) is 10.6 Å². The average Bonchev–Trinajstić information content (AvgIpc) is 2.88. The quantitative estimate of drug-likeness (QED) is 0.819. The summed E-state index contributed by atoms with van der Waals surface area (Å²) in [5, 5.41) is 5.47. The van der Waals surface area contributed by atoms with E-state index < -0.39 is 0 Å². The van der Waals surface area contributed by atoms with Crippen LogP contribution in [0.15, 0.2) is 23.1 Å². The lowest BCUT2D eigenvalue weighted by Crippen LogP contribution is -2.46. The molecule has 5 heteroatoms. The van der Waals surface area contributed by atoms with Crippen molar-refractivity contribution in [3.05, 3.63) is 29.3 Å². The van der Waals surface area contributed by atoms with Crippen LogP contribution in [0.5, 0.6) is 0 Å². The zero-order valence-corrected chi connectivity index (χ0v) is 14.3. The van der Waals surface area contributed by atoms with E-state index in [0.29, 0.717) is 5.75 Å². The number of carbonyl (C=O) groups excluding carboxylic acids is 2. The van der Waals surface area contributed by atoms with Gasteiger partial charge in [0.1, 0.15) is 0 Å². The normalized spacial score (nSPS) is 13.6. The zero-order valence-electron chi connectivity index (χ0n) is 13.5. The first-order valence-corrected chi connectivity index (χ1v) is 8.64. The molecule has 1 aliphatic rings. The SMILES string of the molecule is CC(C)(C)NC(=O)CNC(=O)CSc1ccc2c(c1)CCC2. The highest BCUT2D eigenvalue weighted by Crippen LogP contribution is 2.27. The molecule has 1 aromatic rings. The summed E-state index contributed by atoms with van der Waals surface area (Å²) in [7, 11) is 0. The lowest BCUT2D eigenvalue weighted by atomic mass is 10.1. The molecular weight excluding hydrogens is 296 g/mol. The van der Waals surface area contributed by atoms with Crippen molar-refractivity contribution < 1.29 is 9.59 Å². The molecule has 0 saturated carbocycles. The second-order valence-electron chi connectivity index (χ2n) is 6.65. The Balaban J connectivity index is 1.73. The highest BCUT2D eigenvalue weighted by molar-refractivity contribution is 8.00. The summed E-state index contributed by atoms with van der Waals surface area (Å²) >= 11 is 1.52. The average molecular weight is 320 g/mol. The second-order valence-corrected chi connectivity index (χ2v) is 7.70. The molecule has 2 amide bonds. The van der Waals surface area contributed by atoms with Crippen LogP contribution < -0.4 is 10.6 Å². The molecule has 0 atom stereocenters. The first-order valence-electron chi connectivity index (χ1n) is 7.66. The van der Waals surface area contributed by atoms with E-state index in [-0.39, 0.29) is 23.9 Å². The number of amides is 2. The summed E-state index contributed by atoms with van der Waals surface area (Å²) < 4.78 is 0. The van der Waals surface area contributed by atoms with Gasteiger partial charge in [-0.25, -0.2) is 0 Å². The van der Waals surface area contributed by atoms with Crippen molar-refractivity contribution in [2.45, 2.75) is 50.5 Å². The van der Waals surface area contributed by atoms with Crippen molar-refractivity contribution in [3.8, 4) is 0 Å². The van der Waals surface area contributed by atoms with Gasteiger partial charge in [-0.3, -0.25) is 9.59 Å². The predicted molar refractivity (Wildman–Crippen MR) is 90.1 cm³/mol. The summed E-state index contributed by atoms with van der Waals surface area (Å²) in [6.45, 7) is 5.77. The fourth-order valence-corrected chi connectivity index (χ4v) is 3.27. The summed E-state index contributed by atoms with van der Waals surface area (Å²) in [4.78, 5) is 24.6. The number of nitrogens with one attached hydrogen (secondary N) is 2. The summed E-state index contributed by atoms with van der Waals surface area (Å²) in [5.74, 6) is 0.0552. The van der Waals surface area contributed by atoms with Gasteiger partial charge in [0.15, 0.2) is 0 Å². The molecule has 22 heavy (non-hydrogen) atoms. The maximum atomic E-state index is 11.8. The molecule has 4 nitrogen and oxygen atoms in total. The lowest BCUT2D eigenvalue weighted by molar-refractivity contribution is -0.125. The first kappa shape index (κ1) is 16.9. The maximum Gasteiger partial charge on any atom is 0.239 e. The lowest BCUT2D eigenvalue weighted by Gasteiger charge is -2.20. The third-order valence-electron chi connectivity index (χ3n) is 3.40. The molecule has 2 N–H and O–H groups in total. The van der Waals surface area contributed by atoms with Gasteiger partial charge in [0.25, 0.3) is 0 Å². The van der Waals surface area contributed by atoms with E-state index in [1.54, 1.807) is 0 Å². The van der Waals surface area contributed by atoms with E-state index in [1.807, 2.05) is 20.8 Å². The molecule has 1 aromatic carbocycles. The van der Waals surface area contributed by atoms with Crippen LogP contribution in [0.3, 0.4) is 0 Å². The Morgan fingerprint density at radius 3 is 2.59 bits per heavy atom. The van der Waals surface area contributed by atoms with Crippen LogP contribution in [0.25, 0.3) is 0 Å². The van der Waals surface area contributed by atoms with Crippen LogP contribution >= 0.6 is 11.8 Å². The van der Waals surface area contributed by atoms with Crippen molar-refractivity contribution in [2.75, 3.05) is 12.3 Å². The van der Waals surface area contributed by atoms with Crippen LogP contribution in [0.1, 0.15) is 38.3 Å². The molecule has 120 valence electrons. The van der Waals surface area contributed by atoms with Crippen LogP contribution in [-0.2, 0) is 22.4 Å². The zero-order chi connectivity index (χ0) is 16.2. The van der Waals surface area contributed by atoms with Gasteiger partial charge >= 0.3 is 0 Å². The third kappa shape index (κ3) is 5.37. The summed E-state index contributed by atoms with van der Waals surface area (Å²) in [6, 6.07) is 6.43. The smallest absolute Gasteiger partial charge is 0.239 e. The number of rotatable bonds is 5.